The third-order valence-corrected chi connectivity index (χ3v) is 1.74. The highest BCUT2D eigenvalue weighted by atomic mass is 35.5. The molecule has 1 atom stereocenters. The summed E-state index contributed by atoms with van der Waals surface area (Å²) in [5.74, 6) is -0.874. The van der Waals surface area contributed by atoms with Gasteiger partial charge in [-0.3, -0.25) is 4.79 Å². The van der Waals surface area contributed by atoms with E-state index < -0.39 is 5.97 Å². The Bertz CT molecular complexity index is 120. The Labute approximate surface area is 80.0 Å². The summed E-state index contributed by atoms with van der Waals surface area (Å²) < 4.78 is 0. The van der Waals surface area contributed by atoms with E-state index in [1.165, 1.54) is 0 Å². The van der Waals surface area contributed by atoms with Crippen LogP contribution in [0.25, 0.3) is 0 Å². The van der Waals surface area contributed by atoms with Crippen molar-refractivity contribution < 1.29 is 9.90 Å². The molecule has 0 spiro atoms. The predicted octanol–water partition coefficient (Wildman–Crippen LogP) is 1.52. The number of aliphatic carboxylic acids is 1. The van der Waals surface area contributed by atoms with E-state index in [1.807, 2.05) is 7.05 Å². The highest BCUT2D eigenvalue weighted by Crippen LogP contribution is 2.06. The SMILES string of the molecule is CNCCCCC(C)C(=O)O.Cl. The standard InChI is InChI=1S/C8H17NO2.ClH/c1-7(8(10)11)5-3-4-6-9-2;/h7,9H,3-6H2,1-2H3,(H,10,11);1H. The van der Waals surface area contributed by atoms with Gasteiger partial charge in [-0.1, -0.05) is 13.3 Å². The van der Waals surface area contributed by atoms with Crippen molar-refractivity contribution >= 4 is 18.4 Å². The van der Waals surface area contributed by atoms with Gasteiger partial charge in [0.15, 0.2) is 0 Å². The van der Waals surface area contributed by atoms with Crippen molar-refractivity contribution in [2.45, 2.75) is 26.2 Å². The summed E-state index contributed by atoms with van der Waals surface area (Å²) in [5.41, 5.74) is 0. The first kappa shape index (κ1) is 14.3. The molecule has 1 unspecified atom stereocenters. The molecule has 0 radical (unpaired) electrons. The molecule has 0 saturated heterocycles. The Balaban J connectivity index is 0. The summed E-state index contributed by atoms with van der Waals surface area (Å²) in [4.78, 5) is 10.3. The van der Waals surface area contributed by atoms with Gasteiger partial charge in [-0.05, 0) is 26.4 Å². The van der Waals surface area contributed by atoms with Crippen molar-refractivity contribution in [1.29, 1.82) is 0 Å². The van der Waals surface area contributed by atoms with E-state index >= 15 is 0 Å². The molecule has 0 aromatic carbocycles. The van der Waals surface area contributed by atoms with Crippen LogP contribution >= 0.6 is 12.4 Å². The Morgan fingerprint density at radius 1 is 1.50 bits per heavy atom. The van der Waals surface area contributed by atoms with E-state index in [0.717, 1.165) is 25.8 Å². The largest absolute Gasteiger partial charge is 0.481 e. The maximum atomic E-state index is 10.3. The molecular weight excluding hydrogens is 178 g/mol. The van der Waals surface area contributed by atoms with Gasteiger partial charge in [-0.25, -0.2) is 0 Å². The second-order valence-electron chi connectivity index (χ2n) is 2.84. The number of hydrogen-bond acceptors (Lipinski definition) is 2. The molecule has 2 N–H and O–H groups in total. The van der Waals surface area contributed by atoms with E-state index in [-0.39, 0.29) is 18.3 Å². The molecule has 0 rings (SSSR count). The van der Waals surface area contributed by atoms with Crippen LogP contribution < -0.4 is 5.32 Å². The second-order valence-corrected chi connectivity index (χ2v) is 2.84. The fourth-order valence-electron chi connectivity index (χ4n) is 0.876. The Morgan fingerprint density at radius 2 is 2.08 bits per heavy atom. The molecule has 0 amide bonds. The Kier molecular flexibility index (Phi) is 10.5. The fraction of sp³-hybridized carbons (Fsp3) is 0.875. The van der Waals surface area contributed by atoms with Crippen molar-refractivity contribution in [3.63, 3.8) is 0 Å². The fourth-order valence-corrected chi connectivity index (χ4v) is 0.876. The van der Waals surface area contributed by atoms with Gasteiger partial charge in [0.1, 0.15) is 0 Å². The van der Waals surface area contributed by atoms with Gasteiger partial charge in [-0.15, -0.1) is 12.4 Å². The van der Waals surface area contributed by atoms with Gasteiger partial charge in [0.05, 0.1) is 5.92 Å². The molecule has 0 fully saturated rings. The number of unbranched alkanes of at least 4 members (excludes halogenated alkanes) is 1. The van der Waals surface area contributed by atoms with Crippen LogP contribution in [0.5, 0.6) is 0 Å². The van der Waals surface area contributed by atoms with Crippen molar-refractivity contribution in [3.8, 4) is 0 Å². The number of halogens is 1. The Morgan fingerprint density at radius 3 is 2.50 bits per heavy atom. The van der Waals surface area contributed by atoms with Crippen LogP contribution in [0.2, 0.25) is 0 Å². The first-order chi connectivity index (χ1) is 5.18. The van der Waals surface area contributed by atoms with Crippen LogP contribution in [0.1, 0.15) is 26.2 Å². The van der Waals surface area contributed by atoms with E-state index in [1.54, 1.807) is 6.92 Å². The molecule has 0 aliphatic rings. The van der Waals surface area contributed by atoms with Crippen molar-refractivity contribution in [3.05, 3.63) is 0 Å². The highest BCUT2D eigenvalue weighted by molar-refractivity contribution is 5.85. The van der Waals surface area contributed by atoms with Crippen molar-refractivity contribution in [1.82, 2.24) is 5.32 Å². The first-order valence-corrected chi connectivity index (χ1v) is 4.06. The summed E-state index contributed by atoms with van der Waals surface area (Å²) in [6.07, 6.45) is 2.85. The summed E-state index contributed by atoms with van der Waals surface area (Å²) in [6.45, 7) is 2.73. The molecule has 74 valence electrons. The summed E-state index contributed by atoms with van der Waals surface area (Å²) in [6, 6.07) is 0. The van der Waals surface area contributed by atoms with Crippen LogP contribution in [0.15, 0.2) is 0 Å². The minimum Gasteiger partial charge on any atom is -0.481 e. The molecule has 0 bridgehead atoms. The number of hydrogen-bond donors (Lipinski definition) is 2. The lowest BCUT2D eigenvalue weighted by atomic mass is 10.0. The zero-order chi connectivity index (χ0) is 8.69. The van der Waals surface area contributed by atoms with Crippen molar-refractivity contribution in [2.24, 2.45) is 5.92 Å². The molecule has 0 aliphatic heterocycles. The third-order valence-electron chi connectivity index (χ3n) is 1.74. The summed E-state index contributed by atoms with van der Waals surface area (Å²) in [7, 11) is 1.90. The number of carboxylic acid groups (broad SMARTS) is 1. The van der Waals surface area contributed by atoms with E-state index in [9.17, 15) is 4.79 Å². The molecule has 4 heteroatoms. The molecule has 3 nitrogen and oxygen atoms in total. The van der Waals surface area contributed by atoms with Crippen LogP contribution in [0.3, 0.4) is 0 Å². The van der Waals surface area contributed by atoms with E-state index in [2.05, 4.69) is 5.32 Å². The van der Waals surface area contributed by atoms with Gasteiger partial charge < -0.3 is 10.4 Å². The quantitative estimate of drug-likeness (QED) is 0.632. The van der Waals surface area contributed by atoms with Crippen LogP contribution in [0, 0.1) is 5.92 Å². The van der Waals surface area contributed by atoms with Crippen LogP contribution in [-0.4, -0.2) is 24.7 Å². The van der Waals surface area contributed by atoms with E-state index in [0.29, 0.717) is 0 Å². The molecule has 0 aromatic rings. The maximum absolute atomic E-state index is 10.3. The molecule has 0 aliphatic carbocycles. The van der Waals surface area contributed by atoms with Gasteiger partial charge in [0, 0.05) is 0 Å². The second kappa shape index (κ2) is 8.81. The maximum Gasteiger partial charge on any atom is 0.306 e. The summed E-state index contributed by atoms with van der Waals surface area (Å²) >= 11 is 0. The van der Waals surface area contributed by atoms with Gasteiger partial charge in [0.2, 0.25) is 0 Å². The number of nitrogens with one attached hydrogen (secondary N) is 1. The number of carboxylic acids is 1. The highest BCUT2D eigenvalue weighted by Gasteiger charge is 2.08. The first-order valence-electron chi connectivity index (χ1n) is 4.06. The zero-order valence-electron chi connectivity index (χ0n) is 7.67. The topological polar surface area (TPSA) is 49.3 Å². The minimum absolute atomic E-state index is 0. The van der Waals surface area contributed by atoms with Gasteiger partial charge in [-0.2, -0.15) is 0 Å². The van der Waals surface area contributed by atoms with Crippen molar-refractivity contribution in [2.75, 3.05) is 13.6 Å². The predicted molar refractivity (Wildman–Crippen MR) is 51.8 cm³/mol. The lowest BCUT2D eigenvalue weighted by Gasteiger charge is -2.04. The van der Waals surface area contributed by atoms with Crippen LogP contribution in [0.4, 0.5) is 0 Å². The number of rotatable bonds is 6. The lowest BCUT2D eigenvalue weighted by Crippen LogP contribution is -2.11. The molecule has 12 heavy (non-hydrogen) atoms. The van der Waals surface area contributed by atoms with Gasteiger partial charge >= 0.3 is 5.97 Å². The normalized spacial score (nSPS) is 11.8. The monoisotopic (exact) mass is 195 g/mol. The minimum atomic E-state index is -0.686. The zero-order valence-corrected chi connectivity index (χ0v) is 8.49. The average molecular weight is 196 g/mol. The smallest absolute Gasteiger partial charge is 0.306 e. The Hall–Kier alpha value is -0.280. The van der Waals surface area contributed by atoms with Gasteiger partial charge in [0.25, 0.3) is 0 Å². The lowest BCUT2D eigenvalue weighted by molar-refractivity contribution is -0.141. The molecule has 0 aromatic heterocycles. The van der Waals surface area contributed by atoms with E-state index in [4.69, 9.17) is 5.11 Å². The summed E-state index contributed by atoms with van der Waals surface area (Å²) in [5, 5.41) is 11.5. The molecule has 0 heterocycles. The molecular formula is C8H18ClNO2. The molecule has 0 saturated carbocycles. The third kappa shape index (κ3) is 7.82. The average Bonchev–Trinajstić information content (AvgIpc) is 1.97. The van der Waals surface area contributed by atoms with Crippen LogP contribution in [-0.2, 0) is 4.79 Å². The number of carbonyl (C=O) groups is 1.